The highest BCUT2D eigenvalue weighted by molar-refractivity contribution is 7.13. The van der Waals surface area contributed by atoms with Crippen molar-refractivity contribution in [3.63, 3.8) is 0 Å². The van der Waals surface area contributed by atoms with E-state index in [0.29, 0.717) is 31.7 Å². The maximum absolute atomic E-state index is 13.9. The molecule has 3 rings (SSSR count). The van der Waals surface area contributed by atoms with Crippen molar-refractivity contribution < 1.29 is 23.5 Å². The minimum Gasteiger partial charge on any atom is -0.458 e. The fourth-order valence-corrected chi connectivity index (χ4v) is 5.12. The number of carbonyl (C=O) groups is 2. The van der Waals surface area contributed by atoms with Gasteiger partial charge < -0.3 is 25.0 Å². The predicted octanol–water partition coefficient (Wildman–Crippen LogP) is 4.17. The van der Waals surface area contributed by atoms with Crippen LogP contribution in [0.3, 0.4) is 0 Å². The number of esters is 1. The average Bonchev–Trinajstić information content (AvgIpc) is 3.30. The third kappa shape index (κ3) is 7.96. The Hall–Kier alpha value is -2.56. The summed E-state index contributed by atoms with van der Waals surface area (Å²) in [6.07, 6.45) is 1.34. The van der Waals surface area contributed by atoms with Crippen LogP contribution in [0.15, 0.2) is 29.6 Å². The highest BCUT2D eigenvalue weighted by atomic mass is 32.1. The van der Waals surface area contributed by atoms with Crippen LogP contribution in [0.4, 0.5) is 15.2 Å². The molecule has 1 unspecified atom stereocenters. The molecule has 10 heteroatoms. The van der Waals surface area contributed by atoms with Gasteiger partial charge in [-0.15, -0.1) is 11.3 Å². The van der Waals surface area contributed by atoms with E-state index in [-0.39, 0.29) is 18.9 Å². The van der Waals surface area contributed by atoms with Gasteiger partial charge in [0.1, 0.15) is 11.4 Å². The second kappa shape index (κ2) is 12.3. The summed E-state index contributed by atoms with van der Waals surface area (Å²) in [6.45, 7) is 12.3. The zero-order valence-corrected chi connectivity index (χ0v) is 23.3. The van der Waals surface area contributed by atoms with E-state index in [1.54, 1.807) is 32.1 Å². The maximum Gasteiger partial charge on any atom is 0.336 e. The molecule has 1 amide bonds. The van der Waals surface area contributed by atoms with E-state index < -0.39 is 28.8 Å². The zero-order chi connectivity index (χ0) is 27.2. The van der Waals surface area contributed by atoms with Crippen molar-refractivity contribution in [1.29, 1.82) is 0 Å². The van der Waals surface area contributed by atoms with Crippen LogP contribution in [-0.4, -0.2) is 60.8 Å². The van der Waals surface area contributed by atoms with Gasteiger partial charge >= 0.3 is 5.97 Å². The fraction of sp³-hybridized carbons (Fsp3) is 0.593. The van der Waals surface area contributed by atoms with Gasteiger partial charge in [0.05, 0.1) is 18.9 Å². The van der Waals surface area contributed by atoms with Gasteiger partial charge in [0.15, 0.2) is 10.7 Å². The van der Waals surface area contributed by atoms with Crippen LogP contribution < -0.4 is 15.5 Å². The second-order valence-corrected chi connectivity index (χ2v) is 11.7. The lowest BCUT2D eigenvalue weighted by molar-refractivity contribution is -0.164. The van der Waals surface area contributed by atoms with Crippen LogP contribution in [-0.2, 0) is 25.5 Å². The Bertz CT molecular complexity index is 1050. The summed E-state index contributed by atoms with van der Waals surface area (Å²) >= 11 is 1.60. The van der Waals surface area contributed by atoms with Crippen molar-refractivity contribution in [2.45, 2.75) is 65.0 Å². The molecule has 0 radical (unpaired) electrons. The van der Waals surface area contributed by atoms with Crippen molar-refractivity contribution >= 4 is 34.0 Å². The number of aryl methyl sites for hydroxylation is 1. The normalized spacial score (nSPS) is 15.9. The number of rotatable bonds is 10. The lowest BCUT2D eigenvalue weighted by Crippen LogP contribution is -2.63. The topological polar surface area (TPSA) is 98.0 Å². The van der Waals surface area contributed by atoms with Gasteiger partial charge in [-0.25, -0.2) is 14.2 Å². The minimum absolute atomic E-state index is 0.0369. The predicted molar refractivity (Wildman–Crippen MR) is 144 cm³/mol. The molecular weight excluding hydrogens is 495 g/mol. The smallest absolute Gasteiger partial charge is 0.336 e. The van der Waals surface area contributed by atoms with E-state index >= 15 is 0 Å². The Morgan fingerprint density at radius 2 is 1.86 bits per heavy atom. The SMILES string of the molecule is CC(C)CC(N)(C(=O)OC(C)(C)C)C(=O)N(CCCc1csc(N2CCOCC2)n1)c1ccc(F)cc1. The van der Waals surface area contributed by atoms with Crippen LogP contribution >= 0.6 is 11.3 Å². The molecule has 0 aliphatic carbocycles. The molecule has 1 fully saturated rings. The summed E-state index contributed by atoms with van der Waals surface area (Å²) in [4.78, 5) is 35.6. The average molecular weight is 535 g/mol. The summed E-state index contributed by atoms with van der Waals surface area (Å²) in [6, 6.07) is 5.63. The standard InChI is InChI=1S/C27H39FN4O4S/c1-19(2)17-27(29,24(34)36-26(3,4)5)23(33)32(22-10-8-20(28)9-11-22)12-6-7-21-18-37-25(30-21)31-13-15-35-16-14-31/h8-11,18-19H,6-7,12-17,29H2,1-5H3. The molecule has 1 aromatic carbocycles. The number of nitrogens with two attached hydrogens (primary N) is 1. The number of benzene rings is 1. The minimum atomic E-state index is -1.88. The number of thiazole rings is 1. The summed E-state index contributed by atoms with van der Waals surface area (Å²) in [5.74, 6) is -1.78. The molecule has 0 saturated carbocycles. The van der Waals surface area contributed by atoms with E-state index in [4.69, 9.17) is 20.2 Å². The summed E-state index contributed by atoms with van der Waals surface area (Å²) in [5.41, 5.74) is 5.30. The molecule has 1 aliphatic heterocycles. The highest BCUT2D eigenvalue weighted by Crippen LogP contribution is 2.27. The number of amides is 1. The van der Waals surface area contributed by atoms with E-state index in [1.165, 1.54) is 29.2 Å². The molecule has 2 heterocycles. The van der Waals surface area contributed by atoms with Gasteiger partial charge in [-0.2, -0.15) is 0 Å². The molecular formula is C27H39FN4O4S. The Balaban J connectivity index is 1.80. The van der Waals surface area contributed by atoms with Gasteiger partial charge in [-0.1, -0.05) is 13.8 Å². The van der Waals surface area contributed by atoms with Crippen LogP contribution in [0.1, 0.15) is 53.2 Å². The number of nitrogens with zero attached hydrogens (tertiary/aromatic N) is 3. The monoisotopic (exact) mass is 534 g/mol. The van der Waals surface area contributed by atoms with Crippen LogP contribution in [0.2, 0.25) is 0 Å². The van der Waals surface area contributed by atoms with Crippen LogP contribution in [0, 0.1) is 11.7 Å². The maximum atomic E-state index is 13.9. The number of hydrogen-bond donors (Lipinski definition) is 1. The quantitative estimate of drug-likeness (QED) is 0.361. The highest BCUT2D eigenvalue weighted by Gasteiger charge is 2.48. The lowest BCUT2D eigenvalue weighted by Gasteiger charge is -2.35. The number of halogens is 1. The first-order valence-electron chi connectivity index (χ1n) is 12.8. The van der Waals surface area contributed by atoms with Gasteiger partial charge in [0, 0.05) is 30.7 Å². The number of anilines is 2. The Labute approximate surface area is 222 Å². The molecule has 1 aliphatic rings. The van der Waals surface area contributed by atoms with Gasteiger partial charge in [0.2, 0.25) is 0 Å². The molecule has 204 valence electrons. The first-order chi connectivity index (χ1) is 17.4. The third-order valence-electron chi connectivity index (χ3n) is 5.89. The molecule has 0 spiro atoms. The van der Waals surface area contributed by atoms with Crippen molar-refractivity contribution in [1.82, 2.24) is 4.98 Å². The molecule has 1 atom stereocenters. The molecule has 2 N–H and O–H groups in total. The lowest BCUT2D eigenvalue weighted by atomic mass is 9.87. The fourth-order valence-electron chi connectivity index (χ4n) is 4.21. The van der Waals surface area contributed by atoms with Crippen LogP contribution in [0.5, 0.6) is 0 Å². The Morgan fingerprint density at radius 3 is 2.46 bits per heavy atom. The van der Waals surface area contributed by atoms with Crippen molar-refractivity contribution in [2.75, 3.05) is 42.6 Å². The second-order valence-electron chi connectivity index (χ2n) is 10.8. The van der Waals surface area contributed by atoms with Crippen LogP contribution in [0.25, 0.3) is 0 Å². The molecule has 1 saturated heterocycles. The third-order valence-corrected chi connectivity index (χ3v) is 6.84. The Kier molecular flexibility index (Phi) is 9.66. The summed E-state index contributed by atoms with van der Waals surface area (Å²) in [5, 5.41) is 2.99. The van der Waals surface area contributed by atoms with E-state index in [2.05, 4.69) is 4.90 Å². The number of carbonyl (C=O) groups excluding carboxylic acids is 2. The largest absolute Gasteiger partial charge is 0.458 e. The Morgan fingerprint density at radius 1 is 1.22 bits per heavy atom. The number of ether oxygens (including phenoxy) is 2. The first-order valence-corrected chi connectivity index (χ1v) is 13.6. The molecule has 2 aromatic rings. The van der Waals surface area contributed by atoms with E-state index in [9.17, 15) is 14.0 Å². The molecule has 0 bridgehead atoms. The van der Waals surface area contributed by atoms with Gasteiger partial charge in [-0.3, -0.25) is 4.79 Å². The van der Waals surface area contributed by atoms with Gasteiger partial charge in [-0.05, 0) is 70.2 Å². The number of aromatic nitrogens is 1. The summed E-state index contributed by atoms with van der Waals surface area (Å²) < 4.78 is 24.7. The summed E-state index contributed by atoms with van der Waals surface area (Å²) in [7, 11) is 0. The first kappa shape index (κ1) is 29.0. The molecule has 37 heavy (non-hydrogen) atoms. The van der Waals surface area contributed by atoms with E-state index in [1.807, 2.05) is 19.2 Å². The number of hydrogen-bond acceptors (Lipinski definition) is 8. The zero-order valence-electron chi connectivity index (χ0n) is 22.5. The van der Waals surface area contributed by atoms with E-state index in [0.717, 1.165) is 23.9 Å². The van der Waals surface area contributed by atoms with Crippen molar-refractivity contribution in [2.24, 2.45) is 11.7 Å². The molecule has 1 aromatic heterocycles. The van der Waals surface area contributed by atoms with Crippen molar-refractivity contribution in [3.05, 3.63) is 41.2 Å². The molecule has 8 nitrogen and oxygen atoms in total. The number of morpholine rings is 1. The van der Waals surface area contributed by atoms with Crippen molar-refractivity contribution in [3.8, 4) is 0 Å². The van der Waals surface area contributed by atoms with Gasteiger partial charge in [0.25, 0.3) is 5.91 Å².